The fraction of sp³-hybridized carbons (Fsp3) is 0.308. The summed E-state index contributed by atoms with van der Waals surface area (Å²) >= 11 is 5.91. The van der Waals surface area contributed by atoms with Crippen LogP contribution >= 0.6 is 11.6 Å². The fourth-order valence-corrected chi connectivity index (χ4v) is 1.72. The molecule has 1 aromatic carbocycles. The smallest absolute Gasteiger partial charge is 0.234 e. The van der Waals surface area contributed by atoms with Crippen molar-refractivity contribution in [1.29, 1.82) is 0 Å². The maximum absolute atomic E-state index is 13.5. The first-order valence-electron chi connectivity index (χ1n) is 5.53. The molecule has 0 aliphatic carbocycles. The van der Waals surface area contributed by atoms with E-state index < -0.39 is 0 Å². The molecule has 98 valence electrons. The van der Waals surface area contributed by atoms with Gasteiger partial charge in [-0.25, -0.2) is 4.39 Å². The van der Waals surface area contributed by atoms with Crippen LogP contribution in [0.15, 0.2) is 30.9 Å². The summed E-state index contributed by atoms with van der Waals surface area (Å²) in [7, 11) is 1.73. The molecule has 5 heteroatoms. The molecule has 0 aliphatic rings. The highest BCUT2D eigenvalue weighted by Crippen LogP contribution is 2.20. The molecule has 0 saturated heterocycles. The molecular weight excluding hydrogens is 255 g/mol. The SMILES string of the molecule is C=CCNC(=O)CN(C)Cc1c(F)cccc1Cl. The van der Waals surface area contributed by atoms with Gasteiger partial charge in [-0.3, -0.25) is 9.69 Å². The highest BCUT2D eigenvalue weighted by Gasteiger charge is 2.11. The molecule has 1 aromatic rings. The van der Waals surface area contributed by atoms with Gasteiger partial charge in [-0.15, -0.1) is 6.58 Å². The quantitative estimate of drug-likeness (QED) is 0.804. The van der Waals surface area contributed by atoms with Crippen LogP contribution in [0.25, 0.3) is 0 Å². The van der Waals surface area contributed by atoms with Crippen molar-refractivity contribution in [3.05, 3.63) is 47.3 Å². The normalized spacial score (nSPS) is 10.4. The van der Waals surface area contributed by atoms with E-state index in [1.54, 1.807) is 30.2 Å². The van der Waals surface area contributed by atoms with E-state index in [-0.39, 0.29) is 24.8 Å². The van der Waals surface area contributed by atoms with Gasteiger partial charge in [0.1, 0.15) is 5.82 Å². The number of carbonyl (C=O) groups is 1. The topological polar surface area (TPSA) is 32.3 Å². The first-order chi connectivity index (χ1) is 8.54. The van der Waals surface area contributed by atoms with Crippen LogP contribution in [0.5, 0.6) is 0 Å². The summed E-state index contributed by atoms with van der Waals surface area (Å²) in [4.78, 5) is 13.1. The van der Waals surface area contributed by atoms with Crippen LogP contribution in [0.3, 0.4) is 0 Å². The molecule has 0 heterocycles. The summed E-state index contributed by atoms with van der Waals surface area (Å²) < 4.78 is 13.5. The minimum absolute atomic E-state index is 0.134. The van der Waals surface area contributed by atoms with Crippen molar-refractivity contribution in [3.63, 3.8) is 0 Å². The maximum atomic E-state index is 13.5. The number of hydrogen-bond donors (Lipinski definition) is 1. The van der Waals surface area contributed by atoms with Gasteiger partial charge >= 0.3 is 0 Å². The van der Waals surface area contributed by atoms with Crippen molar-refractivity contribution in [2.45, 2.75) is 6.54 Å². The number of hydrogen-bond acceptors (Lipinski definition) is 2. The largest absolute Gasteiger partial charge is 0.352 e. The molecule has 0 radical (unpaired) electrons. The molecule has 0 fully saturated rings. The predicted molar refractivity (Wildman–Crippen MR) is 71.0 cm³/mol. The van der Waals surface area contributed by atoms with E-state index >= 15 is 0 Å². The van der Waals surface area contributed by atoms with Crippen LogP contribution in [0.4, 0.5) is 4.39 Å². The maximum Gasteiger partial charge on any atom is 0.234 e. The van der Waals surface area contributed by atoms with Gasteiger partial charge in [-0.05, 0) is 19.2 Å². The Morgan fingerprint density at radius 1 is 1.61 bits per heavy atom. The van der Waals surface area contributed by atoms with Crippen molar-refractivity contribution in [3.8, 4) is 0 Å². The minimum atomic E-state index is -0.360. The summed E-state index contributed by atoms with van der Waals surface area (Å²) in [6.07, 6.45) is 1.60. The standard InChI is InChI=1S/C13H16ClFN2O/c1-3-7-16-13(18)9-17(2)8-10-11(14)5-4-6-12(10)15/h3-6H,1,7-9H2,2H3,(H,16,18). The molecule has 0 unspecified atom stereocenters. The summed E-state index contributed by atoms with van der Waals surface area (Å²) in [6.45, 7) is 4.39. The zero-order valence-electron chi connectivity index (χ0n) is 10.2. The van der Waals surface area contributed by atoms with Gasteiger partial charge in [0, 0.05) is 23.7 Å². The molecule has 3 nitrogen and oxygen atoms in total. The van der Waals surface area contributed by atoms with Crippen LogP contribution in [-0.2, 0) is 11.3 Å². The second-order valence-electron chi connectivity index (χ2n) is 3.97. The average Bonchev–Trinajstić information content (AvgIpc) is 2.31. The first-order valence-corrected chi connectivity index (χ1v) is 5.91. The Kier molecular flexibility index (Phi) is 5.82. The number of likely N-dealkylation sites (N-methyl/N-ethyl adjacent to an activating group) is 1. The number of halogens is 2. The third kappa shape index (κ3) is 4.47. The summed E-state index contributed by atoms with van der Waals surface area (Å²) in [6, 6.07) is 4.54. The van der Waals surface area contributed by atoms with Gasteiger partial charge < -0.3 is 5.32 Å². The molecule has 0 bridgehead atoms. The molecular formula is C13H16ClFN2O. The monoisotopic (exact) mass is 270 g/mol. The number of benzene rings is 1. The molecule has 0 saturated carbocycles. The molecule has 1 rings (SSSR count). The Balaban J connectivity index is 2.56. The number of rotatable bonds is 6. The van der Waals surface area contributed by atoms with Gasteiger partial charge in [-0.1, -0.05) is 23.7 Å². The van der Waals surface area contributed by atoms with Gasteiger partial charge in [0.15, 0.2) is 0 Å². The molecule has 0 aliphatic heterocycles. The molecule has 18 heavy (non-hydrogen) atoms. The average molecular weight is 271 g/mol. The molecule has 0 atom stereocenters. The highest BCUT2D eigenvalue weighted by atomic mass is 35.5. The fourth-order valence-electron chi connectivity index (χ4n) is 1.50. The Labute approximate surface area is 111 Å². The van der Waals surface area contributed by atoms with Crippen molar-refractivity contribution < 1.29 is 9.18 Å². The Morgan fingerprint density at radius 3 is 2.94 bits per heavy atom. The molecule has 0 spiro atoms. The predicted octanol–water partition coefficient (Wildman–Crippen LogP) is 2.21. The van der Waals surface area contributed by atoms with Crippen molar-refractivity contribution in [2.24, 2.45) is 0 Å². The van der Waals surface area contributed by atoms with E-state index in [0.29, 0.717) is 17.1 Å². The van der Waals surface area contributed by atoms with Crippen molar-refractivity contribution in [1.82, 2.24) is 10.2 Å². The van der Waals surface area contributed by atoms with Crippen LogP contribution in [-0.4, -0.2) is 30.9 Å². The summed E-state index contributed by atoms with van der Waals surface area (Å²) in [5.74, 6) is -0.495. The summed E-state index contributed by atoms with van der Waals surface area (Å²) in [5.41, 5.74) is 0.401. The lowest BCUT2D eigenvalue weighted by Gasteiger charge is -2.17. The zero-order valence-corrected chi connectivity index (χ0v) is 11.0. The number of nitrogens with zero attached hydrogens (tertiary/aromatic N) is 1. The number of amides is 1. The third-order valence-corrected chi connectivity index (χ3v) is 2.70. The van der Waals surface area contributed by atoms with E-state index in [1.165, 1.54) is 6.07 Å². The van der Waals surface area contributed by atoms with E-state index in [1.807, 2.05) is 0 Å². The lowest BCUT2D eigenvalue weighted by Crippen LogP contribution is -2.35. The molecule has 1 amide bonds. The van der Waals surface area contributed by atoms with Gasteiger partial charge in [0.25, 0.3) is 0 Å². The lowest BCUT2D eigenvalue weighted by molar-refractivity contribution is -0.121. The van der Waals surface area contributed by atoms with Crippen molar-refractivity contribution >= 4 is 17.5 Å². The van der Waals surface area contributed by atoms with E-state index in [9.17, 15) is 9.18 Å². The van der Waals surface area contributed by atoms with Crippen molar-refractivity contribution in [2.75, 3.05) is 20.1 Å². The molecule has 1 N–H and O–H groups in total. The van der Waals surface area contributed by atoms with Gasteiger partial charge in [0.05, 0.1) is 6.54 Å². The summed E-state index contributed by atoms with van der Waals surface area (Å²) in [5, 5.41) is 3.02. The van der Waals surface area contributed by atoms with Gasteiger partial charge in [0.2, 0.25) is 5.91 Å². The number of nitrogens with one attached hydrogen (secondary N) is 1. The van der Waals surface area contributed by atoms with E-state index in [0.717, 1.165) is 0 Å². The van der Waals surface area contributed by atoms with Gasteiger partial charge in [-0.2, -0.15) is 0 Å². The number of carbonyl (C=O) groups excluding carboxylic acids is 1. The highest BCUT2D eigenvalue weighted by molar-refractivity contribution is 6.31. The third-order valence-electron chi connectivity index (χ3n) is 2.35. The van der Waals surface area contributed by atoms with E-state index in [2.05, 4.69) is 11.9 Å². The Morgan fingerprint density at radius 2 is 2.33 bits per heavy atom. The lowest BCUT2D eigenvalue weighted by atomic mass is 10.2. The van der Waals surface area contributed by atoms with Crippen LogP contribution in [0.1, 0.15) is 5.56 Å². The zero-order chi connectivity index (χ0) is 13.5. The minimum Gasteiger partial charge on any atom is -0.352 e. The second-order valence-corrected chi connectivity index (χ2v) is 4.37. The molecule has 0 aromatic heterocycles. The van der Waals surface area contributed by atoms with E-state index in [4.69, 9.17) is 11.6 Å². The second kappa shape index (κ2) is 7.13. The Bertz CT molecular complexity index is 417. The van der Waals surface area contributed by atoms with Crippen LogP contribution < -0.4 is 5.32 Å². The first kappa shape index (κ1) is 14.7. The van der Waals surface area contributed by atoms with Crippen LogP contribution in [0.2, 0.25) is 5.02 Å². The van der Waals surface area contributed by atoms with Crippen LogP contribution in [0, 0.1) is 5.82 Å². The Hall–Kier alpha value is -1.39.